The van der Waals surface area contributed by atoms with Crippen molar-refractivity contribution in [2.45, 2.75) is 24.7 Å². The van der Waals surface area contributed by atoms with E-state index in [0.717, 1.165) is 12.8 Å². The highest BCUT2D eigenvalue weighted by Crippen LogP contribution is 2.23. The summed E-state index contributed by atoms with van der Waals surface area (Å²) in [6.45, 7) is 3.11. The van der Waals surface area contributed by atoms with Gasteiger partial charge in [-0.2, -0.15) is 0 Å². The number of rotatable bonds is 9. The van der Waals surface area contributed by atoms with Gasteiger partial charge < -0.3 is 9.84 Å². The van der Waals surface area contributed by atoms with Crippen LogP contribution >= 0.6 is 15.9 Å². The highest BCUT2D eigenvalue weighted by molar-refractivity contribution is 9.10. The molecule has 0 fully saturated rings. The zero-order valence-corrected chi connectivity index (χ0v) is 14.0. The minimum absolute atomic E-state index is 0.000980. The Morgan fingerprint density at radius 1 is 1.38 bits per heavy atom. The zero-order chi connectivity index (χ0) is 15.9. The first-order valence-electron chi connectivity index (χ1n) is 6.48. The van der Waals surface area contributed by atoms with Gasteiger partial charge in [-0.15, -0.1) is 0 Å². The number of carbonyl (C=O) groups is 1. The topological polar surface area (TPSA) is 92.7 Å². The number of hydrogen-bond acceptors (Lipinski definition) is 4. The van der Waals surface area contributed by atoms with E-state index in [0.29, 0.717) is 13.2 Å². The van der Waals surface area contributed by atoms with Crippen molar-refractivity contribution in [2.24, 2.45) is 0 Å². The number of hydrogen-bond donors (Lipinski definition) is 2. The molecule has 6 nitrogen and oxygen atoms in total. The Kier molecular flexibility index (Phi) is 7.30. The summed E-state index contributed by atoms with van der Waals surface area (Å²) in [5, 5.41) is 8.84. The molecule has 118 valence electrons. The fourth-order valence-corrected chi connectivity index (χ4v) is 3.61. The lowest BCUT2D eigenvalue weighted by Crippen LogP contribution is -2.28. The number of carboxylic acid groups (broad SMARTS) is 1. The van der Waals surface area contributed by atoms with Gasteiger partial charge in [-0.05, 0) is 40.5 Å². The van der Waals surface area contributed by atoms with Crippen LogP contribution in [0.2, 0.25) is 0 Å². The molecule has 0 atom stereocenters. The van der Waals surface area contributed by atoms with Gasteiger partial charge in [-0.25, -0.2) is 17.9 Å². The van der Waals surface area contributed by atoms with Gasteiger partial charge >= 0.3 is 5.97 Å². The summed E-state index contributed by atoms with van der Waals surface area (Å²) >= 11 is 3.08. The second-order valence-electron chi connectivity index (χ2n) is 4.31. The van der Waals surface area contributed by atoms with Crippen LogP contribution in [-0.4, -0.2) is 39.3 Å². The maximum absolute atomic E-state index is 12.1. The van der Waals surface area contributed by atoms with E-state index in [1.54, 1.807) is 0 Å². The third-order valence-electron chi connectivity index (χ3n) is 2.65. The van der Waals surface area contributed by atoms with Gasteiger partial charge in [0.05, 0.1) is 17.1 Å². The number of carboxylic acids is 1. The first kappa shape index (κ1) is 18.1. The molecule has 0 aliphatic rings. The Labute approximate surface area is 132 Å². The van der Waals surface area contributed by atoms with Crippen molar-refractivity contribution < 1.29 is 23.1 Å². The Hall–Kier alpha value is -0.960. The summed E-state index contributed by atoms with van der Waals surface area (Å²) in [6, 6.07) is 3.77. The lowest BCUT2D eigenvalue weighted by atomic mass is 10.2. The largest absolute Gasteiger partial charge is 0.478 e. The molecule has 0 bridgehead atoms. The van der Waals surface area contributed by atoms with Crippen LogP contribution in [-0.2, 0) is 14.8 Å². The number of halogens is 1. The Morgan fingerprint density at radius 3 is 2.67 bits per heavy atom. The molecule has 8 heteroatoms. The Bertz CT molecular complexity index is 588. The molecule has 0 aliphatic heterocycles. The number of benzene rings is 1. The van der Waals surface area contributed by atoms with E-state index < -0.39 is 16.0 Å². The molecule has 0 heterocycles. The van der Waals surface area contributed by atoms with Gasteiger partial charge in [-0.1, -0.05) is 13.3 Å². The van der Waals surface area contributed by atoms with E-state index in [4.69, 9.17) is 9.84 Å². The van der Waals surface area contributed by atoms with E-state index in [2.05, 4.69) is 20.7 Å². The number of unbranched alkanes of at least 4 members (excludes halogenated alkanes) is 1. The Morgan fingerprint density at radius 2 is 2.10 bits per heavy atom. The first-order chi connectivity index (χ1) is 9.88. The number of ether oxygens (including phenoxy) is 1. The molecule has 0 saturated carbocycles. The molecule has 1 aromatic carbocycles. The van der Waals surface area contributed by atoms with Crippen LogP contribution in [0.3, 0.4) is 0 Å². The maximum Gasteiger partial charge on any atom is 0.335 e. The molecule has 1 rings (SSSR count). The van der Waals surface area contributed by atoms with E-state index in [9.17, 15) is 13.2 Å². The normalized spacial score (nSPS) is 11.5. The van der Waals surface area contributed by atoms with Gasteiger partial charge in [0, 0.05) is 17.6 Å². The number of aromatic carboxylic acids is 1. The van der Waals surface area contributed by atoms with E-state index >= 15 is 0 Å². The molecular formula is C13H18BrNO5S. The molecular weight excluding hydrogens is 362 g/mol. The quantitative estimate of drug-likeness (QED) is 0.641. The summed E-state index contributed by atoms with van der Waals surface area (Å²) < 4.78 is 32.0. The number of nitrogens with one attached hydrogen (secondary N) is 1. The monoisotopic (exact) mass is 379 g/mol. The summed E-state index contributed by atoms with van der Waals surface area (Å²) in [5.74, 6) is -1.11. The van der Waals surface area contributed by atoms with Crippen LogP contribution in [0.1, 0.15) is 30.1 Å². The second-order valence-corrected chi connectivity index (χ2v) is 6.90. The van der Waals surface area contributed by atoms with Gasteiger partial charge in [0.25, 0.3) is 0 Å². The summed E-state index contributed by atoms with van der Waals surface area (Å²) in [5.41, 5.74) is 0.0173. The molecule has 0 unspecified atom stereocenters. The fourth-order valence-electron chi connectivity index (χ4n) is 1.53. The molecule has 1 aromatic rings. The summed E-state index contributed by atoms with van der Waals surface area (Å²) in [6.07, 6.45) is 1.96. The minimum Gasteiger partial charge on any atom is -0.478 e. The average Bonchev–Trinajstić information content (AvgIpc) is 2.42. The molecule has 0 amide bonds. The van der Waals surface area contributed by atoms with Crippen LogP contribution in [0.25, 0.3) is 0 Å². The van der Waals surface area contributed by atoms with Crippen molar-refractivity contribution >= 4 is 31.9 Å². The van der Waals surface area contributed by atoms with Gasteiger partial charge in [-0.3, -0.25) is 0 Å². The van der Waals surface area contributed by atoms with Crippen LogP contribution in [0.5, 0.6) is 0 Å². The SMILES string of the molecule is CCCCOCCNS(=O)(=O)c1ccc(C(=O)O)cc1Br. The highest BCUT2D eigenvalue weighted by atomic mass is 79.9. The first-order valence-corrected chi connectivity index (χ1v) is 8.76. The summed E-state index contributed by atoms with van der Waals surface area (Å²) in [7, 11) is -3.70. The maximum atomic E-state index is 12.1. The van der Waals surface area contributed by atoms with Crippen molar-refractivity contribution in [1.82, 2.24) is 4.72 Å². The minimum atomic E-state index is -3.70. The molecule has 0 aromatic heterocycles. The van der Waals surface area contributed by atoms with E-state index in [1.807, 2.05) is 6.92 Å². The number of sulfonamides is 1. The second kappa shape index (κ2) is 8.47. The zero-order valence-electron chi connectivity index (χ0n) is 11.6. The van der Waals surface area contributed by atoms with Crippen molar-refractivity contribution in [3.05, 3.63) is 28.2 Å². The fraction of sp³-hybridized carbons (Fsp3) is 0.462. The summed E-state index contributed by atoms with van der Waals surface area (Å²) in [4.78, 5) is 10.8. The van der Waals surface area contributed by atoms with Gasteiger partial charge in [0.1, 0.15) is 0 Å². The van der Waals surface area contributed by atoms with Crippen LogP contribution in [0.15, 0.2) is 27.6 Å². The molecule has 21 heavy (non-hydrogen) atoms. The Balaban J connectivity index is 2.64. The molecule has 0 spiro atoms. The van der Waals surface area contributed by atoms with Crippen molar-refractivity contribution in [1.29, 1.82) is 0 Å². The molecule has 0 saturated heterocycles. The van der Waals surface area contributed by atoms with Crippen molar-refractivity contribution in [3.8, 4) is 0 Å². The van der Waals surface area contributed by atoms with Gasteiger partial charge in [0.2, 0.25) is 10.0 Å². The lowest BCUT2D eigenvalue weighted by molar-refractivity contribution is 0.0696. The third-order valence-corrected chi connectivity index (χ3v) is 5.09. The van der Waals surface area contributed by atoms with Crippen LogP contribution < -0.4 is 4.72 Å². The highest BCUT2D eigenvalue weighted by Gasteiger charge is 2.18. The van der Waals surface area contributed by atoms with Crippen molar-refractivity contribution in [3.63, 3.8) is 0 Å². The van der Waals surface area contributed by atoms with Crippen LogP contribution in [0, 0.1) is 0 Å². The lowest BCUT2D eigenvalue weighted by Gasteiger charge is -2.09. The van der Waals surface area contributed by atoms with E-state index in [1.165, 1.54) is 18.2 Å². The standard InChI is InChI=1S/C13H18BrNO5S/c1-2-3-7-20-8-6-15-21(18,19)12-5-4-10(13(16)17)9-11(12)14/h4-5,9,15H,2-3,6-8H2,1H3,(H,16,17). The van der Waals surface area contributed by atoms with E-state index in [-0.39, 0.29) is 21.5 Å². The predicted molar refractivity (Wildman–Crippen MR) is 82.0 cm³/mol. The van der Waals surface area contributed by atoms with Crippen molar-refractivity contribution in [2.75, 3.05) is 19.8 Å². The predicted octanol–water partition coefficient (Wildman–Crippen LogP) is 2.24. The van der Waals surface area contributed by atoms with Gasteiger partial charge in [0.15, 0.2) is 0 Å². The van der Waals surface area contributed by atoms with Crippen LogP contribution in [0.4, 0.5) is 0 Å². The molecule has 0 radical (unpaired) electrons. The molecule has 2 N–H and O–H groups in total. The smallest absolute Gasteiger partial charge is 0.335 e. The average molecular weight is 380 g/mol. The molecule has 0 aliphatic carbocycles. The third kappa shape index (κ3) is 5.74.